The zero-order valence-electron chi connectivity index (χ0n) is 11.2. The molecule has 1 heterocycles. The third-order valence-corrected chi connectivity index (χ3v) is 2.77. The van der Waals surface area contributed by atoms with Crippen LogP contribution in [0.15, 0.2) is 34.9 Å². The molecule has 0 bridgehead atoms. The van der Waals surface area contributed by atoms with Gasteiger partial charge in [0.1, 0.15) is 12.1 Å². The number of nitrogens with zero attached hydrogens (tertiary/aromatic N) is 2. The van der Waals surface area contributed by atoms with Gasteiger partial charge in [0.25, 0.3) is 0 Å². The van der Waals surface area contributed by atoms with Crippen molar-refractivity contribution in [1.29, 1.82) is 0 Å². The molecule has 2 aromatic rings. The number of aromatic nitrogens is 1. The van der Waals surface area contributed by atoms with Crippen LogP contribution in [0.5, 0.6) is 0 Å². The molecule has 1 aromatic heterocycles. The van der Waals surface area contributed by atoms with E-state index in [0.717, 1.165) is 18.7 Å². The molecule has 0 aliphatic heterocycles. The lowest BCUT2D eigenvalue weighted by Gasteiger charge is -2.14. The quantitative estimate of drug-likeness (QED) is 0.813. The number of anilines is 2. The van der Waals surface area contributed by atoms with E-state index in [9.17, 15) is 4.39 Å². The van der Waals surface area contributed by atoms with Crippen molar-refractivity contribution in [2.24, 2.45) is 0 Å². The van der Waals surface area contributed by atoms with Crippen molar-refractivity contribution in [2.45, 2.75) is 19.9 Å². The lowest BCUT2D eigenvalue weighted by atomic mass is 10.3. The van der Waals surface area contributed by atoms with Crippen molar-refractivity contribution >= 4 is 11.7 Å². The van der Waals surface area contributed by atoms with Crippen LogP contribution < -0.4 is 10.2 Å². The smallest absolute Gasteiger partial charge is 0.301 e. The number of nitrogens with one attached hydrogen (secondary N) is 1. The Labute approximate surface area is 112 Å². The van der Waals surface area contributed by atoms with Crippen LogP contribution in [0.2, 0.25) is 0 Å². The van der Waals surface area contributed by atoms with Gasteiger partial charge in [0.2, 0.25) is 0 Å². The fourth-order valence-electron chi connectivity index (χ4n) is 1.75. The summed E-state index contributed by atoms with van der Waals surface area (Å²) in [4.78, 5) is 5.93. The highest BCUT2D eigenvalue weighted by molar-refractivity contribution is 5.55. The molecular weight excluding hydrogens is 245 g/mol. The van der Waals surface area contributed by atoms with E-state index < -0.39 is 0 Å². The summed E-state index contributed by atoms with van der Waals surface area (Å²) >= 11 is 0. The lowest BCUT2D eigenvalue weighted by molar-refractivity contribution is 0.553. The van der Waals surface area contributed by atoms with Crippen molar-refractivity contribution in [3.8, 4) is 0 Å². The molecule has 102 valence electrons. The maximum atomic E-state index is 13.7. The second-order valence-electron chi connectivity index (χ2n) is 4.31. The standard InChI is InChI=1S/C14H18FN3O/c1-3-8-16-9-11-10-19-14(17-11)18(2)13-7-5-4-6-12(13)15/h4-7,10,16H,3,8-9H2,1-2H3. The molecule has 2 rings (SSSR count). The maximum Gasteiger partial charge on any atom is 0.301 e. The molecule has 1 aromatic carbocycles. The molecular formula is C14H18FN3O. The summed E-state index contributed by atoms with van der Waals surface area (Å²) < 4.78 is 19.0. The molecule has 1 N–H and O–H groups in total. The van der Waals surface area contributed by atoms with Crippen molar-refractivity contribution in [2.75, 3.05) is 18.5 Å². The number of rotatable bonds is 6. The van der Waals surface area contributed by atoms with Crippen molar-refractivity contribution in [3.05, 3.63) is 42.0 Å². The Bertz CT molecular complexity index is 527. The number of para-hydroxylation sites is 1. The first-order valence-corrected chi connectivity index (χ1v) is 6.35. The topological polar surface area (TPSA) is 41.3 Å². The number of oxazole rings is 1. The number of hydrogen-bond donors (Lipinski definition) is 1. The van der Waals surface area contributed by atoms with Gasteiger partial charge in [-0.1, -0.05) is 19.1 Å². The van der Waals surface area contributed by atoms with E-state index in [-0.39, 0.29) is 5.82 Å². The Morgan fingerprint density at radius 3 is 2.89 bits per heavy atom. The van der Waals surface area contributed by atoms with E-state index in [1.54, 1.807) is 36.4 Å². The van der Waals surface area contributed by atoms with Crippen LogP contribution in [0.25, 0.3) is 0 Å². The van der Waals surface area contributed by atoms with E-state index in [1.165, 1.54) is 6.07 Å². The van der Waals surface area contributed by atoms with Crippen LogP contribution in [-0.2, 0) is 6.54 Å². The van der Waals surface area contributed by atoms with Gasteiger partial charge in [-0.2, -0.15) is 4.98 Å². The van der Waals surface area contributed by atoms with Crippen molar-refractivity contribution in [1.82, 2.24) is 10.3 Å². The Morgan fingerprint density at radius 2 is 2.16 bits per heavy atom. The highest BCUT2D eigenvalue weighted by atomic mass is 19.1. The van der Waals surface area contributed by atoms with Gasteiger partial charge in [-0.15, -0.1) is 0 Å². The molecule has 0 aliphatic rings. The predicted octanol–water partition coefficient (Wildman–Crippen LogP) is 3.08. The van der Waals surface area contributed by atoms with E-state index in [4.69, 9.17) is 4.42 Å². The summed E-state index contributed by atoms with van der Waals surface area (Å²) in [5.74, 6) is -0.297. The maximum absolute atomic E-state index is 13.7. The normalized spacial score (nSPS) is 10.7. The van der Waals surface area contributed by atoms with Crippen LogP contribution in [0.3, 0.4) is 0 Å². The Morgan fingerprint density at radius 1 is 1.37 bits per heavy atom. The number of hydrogen-bond acceptors (Lipinski definition) is 4. The van der Waals surface area contributed by atoms with E-state index >= 15 is 0 Å². The van der Waals surface area contributed by atoms with Gasteiger partial charge in [-0.05, 0) is 25.1 Å². The largest absolute Gasteiger partial charge is 0.431 e. The predicted molar refractivity (Wildman–Crippen MR) is 73.0 cm³/mol. The molecule has 4 nitrogen and oxygen atoms in total. The molecule has 0 radical (unpaired) electrons. The summed E-state index contributed by atoms with van der Waals surface area (Å²) in [6.07, 6.45) is 2.66. The second-order valence-corrected chi connectivity index (χ2v) is 4.31. The van der Waals surface area contributed by atoms with Crippen LogP contribution in [0.4, 0.5) is 16.1 Å². The highest BCUT2D eigenvalue weighted by Gasteiger charge is 2.13. The molecule has 0 saturated heterocycles. The van der Waals surface area contributed by atoms with Gasteiger partial charge < -0.3 is 9.73 Å². The SMILES string of the molecule is CCCNCc1coc(N(C)c2ccccc2F)n1. The second kappa shape index (κ2) is 6.33. The van der Waals surface area contributed by atoms with Crippen molar-refractivity contribution < 1.29 is 8.81 Å². The lowest BCUT2D eigenvalue weighted by Crippen LogP contribution is -2.15. The van der Waals surface area contributed by atoms with E-state index in [0.29, 0.717) is 18.2 Å². The van der Waals surface area contributed by atoms with Gasteiger partial charge in [0, 0.05) is 13.6 Å². The average Bonchev–Trinajstić information content (AvgIpc) is 2.88. The molecule has 0 fully saturated rings. The Balaban J connectivity index is 2.08. The minimum Gasteiger partial charge on any atom is -0.431 e. The fourth-order valence-corrected chi connectivity index (χ4v) is 1.75. The van der Waals surface area contributed by atoms with E-state index in [2.05, 4.69) is 17.2 Å². The van der Waals surface area contributed by atoms with Gasteiger partial charge >= 0.3 is 6.01 Å². The zero-order valence-corrected chi connectivity index (χ0v) is 11.2. The fraction of sp³-hybridized carbons (Fsp3) is 0.357. The van der Waals surface area contributed by atoms with Gasteiger partial charge in [0.05, 0.1) is 11.4 Å². The first-order valence-electron chi connectivity index (χ1n) is 6.35. The van der Waals surface area contributed by atoms with Crippen LogP contribution >= 0.6 is 0 Å². The summed E-state index contributed by atoms with van der Waals surface area (Å²) in [6, 6.07) is 6.93. The third-order valence-electron chi connectivity index (χ3n) is 2.77. The monoisotopic (exact) mass is 263 g/mol. The van der Waals surface area contributed by atoms with Gasteiger partial charge in [-0.25, -0.2) is 4.39 Å². The van der Waals surface area contributed by atoms with Gasteiger partial charge in [0.15, 0.2) is 0 Å². The van der Waals surface area contributed by atoms with Crippen LogP contribution in [0.1, 0.15) is 19.0 Å². The van der Waals surface area contributed by atoms with Gasteiger partial charge in [-0.3, -0.25) is 4.90 Å². The minimum absolute atomic E-state index is 0.297. The molecule has 0 aliphatic carbocycles. The minimum atomic E-state index is -0.297. The van der Waals surface area contributed by atoms with Crippen LogP contribution in [0, 0.1) is 5.82 Å². The highest BCUT2D eigenvalue weighted by Crippen LogP contribution is 2.25. The molecule has 0 unspecified atom stereocenters. The molecule has 0 amide bonds. The van der Waals surface area contributed by atoms with Crippen molar-refractivity contribution in [3.63, 3.8) is 0 Å². The molecule has 0 spiro atoms. The Kier molecular flexibility index (Phi) is 4.52. The molecule has 0 saturated carbocycles. The zero-order chi connectivity index (χ0) is 13.7. The average molecular weight is 263 g/mol. The summed E-state index contributed by atoms with van der Waals surface area (Å²) in [5.41, 5.74) is 1.25. The number of halogens is 1. The molecule has 5 heteroatoms. The van der Waals surface area contributed by atoms with E-state index in [1.807, 2.05) is 0 Å². The Hall–Kier alpha value is -1.88. The molecule has 0 atom stereocenters. The number of benzene rings is 1. The molecule has 19 heavy (non-hydrogen) atoms. The first-order chi connectivity index (χ1) is 9.22. The van der Waals surface area contributed by atoms with Crippen LogP contribution in [-0.4, -0.2) is 18.6 Å². The summed E-state index contributed by atoms with van der Waals surface area (Å²) in [7, 11) is 1.73. The third kappa shape index (κ3) is 3.32. The summed E-state index contributed by atoms with van der Waals surface area (Å²) in [6.45, 7) is 3.70. The summed E-state index contributed by atoms with van der Waals surface area (Å²) in [5, 5.41) is 3.24. The first kappa shape index (κ1) is 13.5.